The van der Waals surface area contributed by atoms with E-state index in [2.05, 4.69) is 22.4 Å². The normalized spacial score (nSPS) is 24.4. The molecule has 5 heteroatoms. The summed E-state index contributed by atoms with van der Waals surface area (Å²) in [5.41, 5.74) is 0.515. The molecular weight excluding hydrogens is 228 g/mol. The zero-order valence-electron chi connectivity index (χ0n) is 10.9. The largest absolute Gasteiger partial charge is 0.356 e. The van der Waals surface area contributed by atoms with Crippen LogP contribution in [0.2, 0.25) is 0 Å². The van der Waals surface area contributed by atoms with Crippen molar-refractivity contribution in [3.63, 3.8) is 0 Å². The van der Waals surface area contributed by atoms with Gasteiger partial charge in [0.2, 0.25) is 5.91 Å². The Morgan fingerprint density at radius 2 is 2.44 bits per heavy atom. The fraction of sp³-hybridized carbons (Fsp3) is 0.769. The van der Waals surface area contributed by atoms with Crippen LogP contribution in [0.3, 0.4) is 0 Å². The molecule has 1 atom stereocenters. The minimum absolute atomic E-state index is 0.0838. The molecule has 1 fully saturated rings. The molecule has 1 N–H and O–H groups in total. The van der Waals surface area contributed by atoms with Crippen molar-refractivity contribution in [1.29, 1.82) is 0 Å². The number of nitrogens with one attached hydrogen (secondary N) is 1. The van der Waals surface area contributed by atoms with E-state index in [1.807, 2.05) is 4.57 Å². The van der Waals surface area contributed by atoms with Gasteiger partial charge in [0.15, 0.2) is 0 Å². The maximum Gasteiger partial charge on any atom is 0.224 e. The Morgan fingerprint density at radius 3 is 3.22 bits per heavy atom. The molecule has 1 amide bonds. The number of hydrogen-bond donors (Lipinski definition) is 1. The highest BCUT2D eigenvalue weighted by Crippen LogP contribution is 2.47. The van der Waals surface area contributed by atoms with E-state index >= 15 is 0 Å². The van der Waals surface area contributed by atoms with Gasteiger partial charge in [-0.15, -0.1) is 10.2 Å². The van der Waals surface area contributed by atoms with Crippen LogP contribution in [-0.2, 0) is 17.8 Å². The molecule has 0 bridgehead atoms. The predicted molar refractivity (Wildman–Crippen MR) is 66.8 cm³/mol. The molecule has 0 saturated heterocycles. The van der Waals surface area contributed by atoms with E-state index in [9.17, 15) is 4.79 Å². The highest BCUT2D eigenvalue weighted by Gasteiger charge is 2.36. The average molecular weight is 248 g/mol. The molecular formula is C13H20N4O. The Kier molecular flexibility index (Phi) is 2.84. The van der Waals surface area contributed by atoms with Crippen molar-refractivity contribution in [3.8, 4) is 0 Å². The van der Waals surface area contributed by atoms with Crippen LogP contribution in [-0.4, -0.2) is 27.2 Å². The predicted octanol–water partition coefficient (Wildman–Crippen LogP) is 1.15. The van der Waals surface area contributed by atoms with Crippen LogP contribution in [0, 0.1) is 11.3 Å². The van der Waals surface area contributed by atoms with Crippen molar-refractivity contribution >= 4 is 5.91 Å². The third kappa shape index (κ3) is 2.40. The lowest BCUT2D eigenvalue weighted by molar-refractivity contribution is -0.126. The molecule has 1 aromatic heterocycles. The van der Waals surface area contributed by atoms with E-state index in [1.165, 1.54) is 12.8 Å². The second-order valence-corrected chi connectivity index (χ2v) is 5.99. The van der Waals surface area contributed by atoms with Crippen molar-refractivity contribution in [2.45, 2.75) is 45.6 Å². The van der Waals surface area contributed by atoms with Crippen molar-refractivity contribution in [2.24, 2.45) is 11.3 Å². The summed E-state index contributed by atoms with van der Waals surface area (Å²) in [4.78, 5) is 12.1. The molecule has 1 saturated carbocycles. The summed E-state index contributed by atoms with van der Waals surface area (Å²) in [7, 11) is 0. The van der Waals surface area contributed by atoms with Crippen LogP contribution in [0.25, 0.3) is 0 Å². The number of fused-ring (bicyclic) bond motifs is 1. The van der Waals surface area contributed by atoms with Crippen LogP contribution in [0.15, 0.2) is 6.33 Å². The molecule has 0 aromatic carbocycles. The first-order valence-corrected chi connectivity index (χ1v) is 6.81. The van der Waals surface area contributed by atoms with E-state index in [-0.39, 0.29) is 11.8 Å². The number of carbonyl (C=O) groups is 1. The molecule has 0 spiro atoms. The number of carbonyl (C=O) groups excluding carboxylic acids is 1. The smallest absolute Gasteiger partial charge is 0.224 e. The van der Waals surface area contributed by atoms with Gasteiger partial charge in [-0.3, -0.25) is 4.79 Å². The lowest BCUT2D eigenvalue weighted by atomic mass is 9.98. The van der Waals surface area contributed by atoms with Crippen molar-refractivity contribution < 1.29 is 4.79 Å². The van der Waals surface area contributed by atoms with E-state index < -0.39 is 0 Å². The maximum atomic E-state index is 12.1. The number of aryl methyl sites for hydroxylation is 1. The molecule has 1 unspecified atom stereocenters. The van der Waals surface area contributed by atoms with Crippen molar-refractivity contribution in [3.05, 3.63) is 12.2 Å². The monoisotopic (exact) mass is 248 g/mol. The maximum absolute atomic E-state index is 12.1. The van der Waals surface area contributed by atoms with Crippen molar-refractivity contribution in [2.75, 3.05) is 6.54 Å². The molecule has 1 aliphatic carbocycles. The third-order valence-electron chi connectivity index (χ3n) is 4.33. The Balaban J connectivity index is 1.48. The number of amides is 1. The molecule has 1 aliphatic heterocycles. The van der Waals surface area contributed by atoms with Crippen molar-refractivity contribution in [1.82, 2.24) is 20.1 Å². The molecule has 5 nitrogen and oxygen atoms in total. The van der Waals surface area contributed by atoms with Crippen LogP contribution in [0.5, 0.6) is 0 Å². The molecule has 3 rings (SSSR count). The van der Waals surface area contributed by atoms with Gasteiger partial charge < -0.3 is 9.88 Å². The zero-order chi connectivity index (χ0) is 12.6. The average Bonchev–Trinajstić information content (AvgIpc) is 2.93. The first kappa shape index (κ1) is 11.7. The first-order valence-electron chi connectivity index (χ1n) is 6.81. The Labute approximate surface area is 107 Å². The van der Waals surface area contributed by atoms with Gasteiger partial charge in [0, 0.05) is 19.5 Å². The molecule has 98 valence electrons. The summed E-state index contributed by atoms with van der Waals surface area (Å²) in [6, 6.07) is 0. The van der Waals surface area contributed by atoms with Gasteiger partial charge in [0.1, 0.15) is 12.2 Å². The van der Waals surface area contributed by atoms with Crippen LogP contribution in [0.4, 0.5) is 0 Å². The van der Waals surface area contributed by atoms with Gasteiger partial charge in [-0.2, -0.15) is 0 Å². The van der Waals surface area contributed by atoms with E-state index in [1.54, 1.807) is 6.33 Å². The topological polar surface area (TPSA) is 59.8 Å². The van der Waals surface area contributed by atoms with E-state index in [0.29, 0.717) is 5.41 Å². The van der Waals surface area contributed by atoms with Crippen LogP contribution >= 0.6 is 0 Å². The summed E-state index contributed by atoms with van der Waals surface area (Å²) in [6.07, 6.45) is 7.22. The van der Waals surface area contributed by atoms with Gasteiger partial charge in [-0.05, 0) is 31.1 Å². The number of hydrogen-bond acceptors (Lipinski definition) is 3. The second-order valence-electron chi connectivity index (χ2n) is 5.99. The number of rotatable bonds is 4. The lowest BCUT2D eigenvalue weighted by Gasteiger charge is -2.22. The summed E-state index contributed by atoms with van der Waals surface area (Å²) >= 11 is 0. The fourth-order valence-corrected chi connectivity index (χ4v) is 2.57. The Hall–Kier alpha value is -1.39. The molecule has 2 aliphatic rings. The highest BCUT2D eigenvalue weighted by molar-refractivity contribution is 5.78. The van der Waals surface area contributed by atoms with Crippen LogP contribution in [0.1, 0.15) is 38.4 Å². The fourth-order valence-electron chi connectivity index (χ4n) is 2.57. The summed E-state index contributed by atoms with van der Waals surface area (Å²) < 4.78 is 2.00. The third-order valence-corrected chi connectivity index (χ3v) is 4.33. The summed E-state index contributed by atoms with van der Waals surface area (Å²) in [6.45, 7) is 3.84. The van der Waals surface area contributed by atoms with Gasteiger partial charge in [-0.1, -0.05) is 6.92 Å². The Bertz CT molecular complexity index is 450. The summed E-state index contributed by atoms with van der Waals surface area (Å²) in [5, 5.41) is 11.0. The Morgan fingerprint density at radius 1 is 1.61 bits per heavy atom. The SMILES string of the molecule is CC1(CCNC(=O)C2CCc3nncn3C2)CC1. The molecule has 18 heavy (non-hydrogen) atoms. The molecule has 2 heterocycles. The molecule has 0 radical (unpaired) electrons. The van der Waals surface area contributed by atoms with Gasteiger partial charge in [-0.25, -0.2) is 0 Å². The zero-order valence-corrected chi connectivity index (χ0v) is 10.9. The van der Waals surface area contributed by atoms with Gasteiger partial charge >= 0.3 is 0 Å². The van der Waals surface area contributed by atoms with E-state index in [4.69, 9.17) is 0 Å². The lowest BCUT2D eigenvalue weighted by Crippen LogP contribution is -2.36. The first-order chi connectivity index (χ1) is 8.66. The minimum atomic E-state index is 0.0838. The van der Waals surface area contributed by atoms with Crippen LogP contribution < -0.4 is 5.32 Å². The minimum Gasteiger partial charge on any atom is -0.356 e. The second kappa shape index (κ2) is 4.37. The quantitative estimate of drug-likeness (QED) is 0.869. The van der Waals surface area contributed by atoms with E-state index in [0.717, 1.165) is 38.2 Å². The van der Waals surface area contributed by atoms with Gasteiger partial charge in [0.05, 0.1) is 5.92 Å². The summed E-state index contributed by atoms with van der Waals surface area (Å²) in [5.74, 6) is 1.28. The standard InChI is InChI=1S/C13H20N4O/c1-13(4-5-13)6-7-14-12(18)10-2-3-11-16-15-9-17(11)8-10/h9-10H,2-8H2,1H3,(H,14,18). The highest BCUT2D eigenvalue weighted by atomic mass is 16.1. The number of aromatic nitrogens is 3. The van der Waals surface area contributed by atoms with Gasteiger partial charge in [0.25, 0.3) is 0 Å². The molecule has 1 aromatic rings. The number of nitrogens with zero attached hydrogens (tertiary/aromatic N) is 3.